The Labute approximate surface area is 179 Å². The highest BCUT2D eigenvalue weighted by Gasteiger charge is 2.41. The Morgan fingerprint density at radius 1 is 1.14 bits per heavy atom. The molecule has 2 aromatic rings. The molecule has 2 heterocycles. The summed E-state index contributed by atoms with van der Waals surface area (Å²) in [6.45, 7) is 16.5. The third-order valence-corrected chi connectivity index (χ3v) is 10.9. The zero-order valence-corrected chi connectivity index (χ0v) is 20.3. The van der Waals surface area contributed by atoms with Crippen molar-refractivity contribution >= 4 is 37.2 Å². The maximum atomic E-state index is 6.68. The summed E-state index contributed by atoms with van der Waals surface area (Å²) < 4.78 is 6.68. The first-order chi connectivity index (χ1) is 12.8. The molecule has 0 saturated heterocycles. The smallest absolute Gasteiger partial charge is 0.252 e. The molecule has 0 bridgehead atoms. The number of pyridine rings is 1. The van der Waals surface area contributed by atoms with E-state index < -0.39 is 8.32 Å². The van der Waals surface area contributed by atoms with E-state index in [-0.39, 0.29) is 10.5 Å². The number of halogens is 2. The molecule has 28 heavy (non-hydrogen) atoms. The van der Waals surface area contributed by atoms with Crippen LogP contribution in [-0.4, -0.2) is 19.8 Å². The largest absolute Gasteiger partial charge is 0.530 e. The van der Waals surface area contributed by atoms with E-state index in [1.807, 2.05) is 12.1 Å². The Morgan fingerprint density at radius 3 is 2.43 bits per heavy atom. The van der Waals surface area contributed by atoms with Gasteiger partial charge in [-0.1, -0.05) is 63.9 Å². The van der Waals surface area contributed by atoms with Crippen LogP contribution in [0.1, 0.15) is 51.4 Å². The summed E-state index contributed by atoms with van der Waals surface area (Å²) >= 11 is 12.5. The Balaban J connectivity index is 2.07. The van der Waals surface area contributed by atoms with E-state index in [4.69, 9.17) is 32.6 Å². The Bertz CT molecular complexity index is 904. The average Bonchev–Trinajstić information content (AvgIpc) is 2.83. The zero-order chi connectivity index (χ0) is 20.9. The van der Waals surface area contributed by atoms with Gasteiger partial charge in [-0.2, -0.15) is 0 Å². The van der Waals surface area contributed by atoms with Crippen LogP contribution in [0.3, 0.4) is 0 Å². The van der Waals surface area contributed by atoms with Crippen LogP contribution >= 0.6 is 23.2 Å². The molecule has 6 heteroatoms. The molecule has 0 fully saturated rings. The summed E-state index contributed by atoms with van der Waals surface area (Å²) in [6.07, 6.45) is 0.655. The molecule has 3 rings (SSSR count). The van der Waals surface area contributed by atoms with Crippen molar-refractivity contribution in [2.45, 2.75) is 64.6 Å². The summed E-state index contributed by atoms with van der Waals surface area (Å²) in [5, 5.41) is 4.90. The fourth-order valence-corrected chi connectivity index (χ4v) is 4.51. The Morgan fingerprint density at radius 2 is 1.82 bits per heavy atom. The zero-order valence-electron chi connectivity index (χ0n) is 17.8. The maximum absolute atomic E-state index is 6.68. The molecule has 0 atom stereocenters. The van der Waals surface area contributed by atoms with Gasteiger partial charge in [0.2, 0.25) is 5.88 Å². The van der Waals surface area contributed by atoms with Crippen molar-refractivity contribution in [1.29, 1.82) is 0 Å². The Hall–Kier alpha value is -1.23. The van der Waals surface area contributed by atoms with Crippen molar-refractivity contribution in [1.82, 2.24) is 4.98 Å². The van der Waals surface area contributed by atoms with Crippen molar-refractivity contribution in [3.63, 3.8) is 0 Å². The number of anilines is 1. The molecule has 1 aromatic heterocycles. The highest BCUT2D eigenvalue weighted by molar-refractivity contribution is 6.74. The summed E-state index contributed by atoms with van der Waals surface area (Å²) in [7, 11) is -2.03. The lowest BCUT2D eigenvalue weighted by molar-refractivity contribution is 0.463. The molecular formula is C22H30Cl2N2OSi. The molecule has 0 saturated carbocycles. The minimum Gasteiger partial charge on any atom is -0.530 e. The lowest BCUT2D eigenvalue weighted by Crippen LogP contribution is -2.44. The lowest BCUT2D eigenvalue weighted by Gasteiger charge is -2.36. The highest BCUT2D eigenvalue weighted by Crippen LogP contribution is 2.42. The van der Waals surface area contributed by atoms with Crippen LogP contribution in [-0.2, 0) is 11.8 Å². The average molecular weight is 437 g/mol. The topological polar surface area (TPSA) is 34.1 Å². The van der Waals surface area contributed by atoms with E-state index in [0.717, 1.165) is 34.9 Å². The van der Waals surface area contributed by atoms with Gasteiger partial charge in [-0.25, -0.2) is 4.98 Å². The molecule has 1 aromatic carbocycles. The molecule has 1 N–H and O–H groups in total. The van der Waals surface area contributed by atoms with E-state index in [9.17, 15) is 0 Å². The van der Waals surface area contributed by atoms with E-state index in [1.165, 1.54) is 0 Å². The van der Waals surface area contributed by atoms with Crippen LogP contribution in [0.15, 0.2) is 24.3 Å². The molecule has 0 radical (unpaired) electrons. The van der Waals surface area contributed by atoms with Gasteiger partial charge in [0.25, 0.3) is 8.32 Å². The van der Waals surface area contributed by atoms with Crippen LogP contribution in [0.2, 0.25) is 28.2 Å². The Kier molecular flexibility index (Phi) is 5.54. The van der Waals surface area contributed by atoms with Gasteiger partial charge in [0.1, 0.15) is 0 Å². The normalized spacial score (nSPS) is 15.9. The van der Waals surface area contributed by atoms with Gasteiger partial charge >= 0.3 is 0 Å². The summed E-state index contributed by atoms with van der Waals surface area (Å²) in [4.78, 5) is 5.03. The second-order valence-corrected chi connectivity index (χ2v) is 15.4. The van der Waals surface area contributed by atoms with E-state index in [2.05, 4.69) is 59.1 Å². The first-order valence-electron chi connectivity index (χ1n) is 9.71. The van der Waals surface area contributed by atoms with Crippen molar-refractivity contribution in [3.8, 4) is 5.88 Å². The second-order valence-electron chi connectivity index (χ2n) is 9.86. The summed E-state index contributed by atoms with van der Waals surface area (Å²) in [6, 6.07) is 7.82. The van der Waals surface area contributed by atoms with E-state index >= 15 is 0 Å². The van der Waals surface area contributed by atoms with Crippen LogP contribution in [0, 0.1) is 0 Å². The molecule has 1 aliphatic heterocycles. The number of hydrogen-bond acceptors (Lipinski definition) is 3. The molecule has 0 spiro atoms. The molecule has 0 unspecified atom stereocenters. The van der Waals surface area contributed by atoms with Crippen LogP contribution in [0.25, 0.3) is 0 Å². The molecular weight excluding hydrogens is 407 g/mol. The summed E-state index contributed by atoms with van der Waals surface area (Å²) in [5.41, 5.74) is 4.22. The van der Waals surface area contributed by atoms with Crippen molar-refractivity contribution in [3.05, 3.63) is 51.1 Å². The number of rotatable bonds is 4. The third kappa shape index (κ3) is 4.19. The number of nitrogens with zero attached hydrogens (tertiary/aromatic N) is 1. The number of hydrogen-bond donors (Lipinski definition) is 1. The molecule has 0 aliphatic carbocycles. The maximum Gasteiger partial charge on any atom is 0.252 e. The van der Waals surface area contributed by atoms with Gasteiger partial charge in [0.15, 0.2) is 0 Å². The standard InChI is InChI=1S/C22H30Cl2N2OSi/c1-21(2,3)28(6,7)27-20-15(10-14-8-9-16(23)12-17(14)24)11-18-19(26-20)22(4,5)13-25-18/h8-9,11-12,25H,10,13H2,1-7H3. The van der Waals surface area contributed by atoms with Gasteiger partial charge in [-0.05, 0) is 41.9 Å². The molecule has 0 amide bonds. The fraction of sp³-hybridized carbons (Fsp3) is 0.500. The van der Waals surface area contributed by atoms with Crippen molar-refractivity contribution in [2.75, 3.05) is 11.9 Å². The van der Waals surface area contributed by atoms with E-state index in [1.54, 1.807) is 6.07 Å². The van der Waals surface area contributed by atoms with Gasteiger partial charge < -0.3 is 9.74 Å². The molecule has 3 nitrogen and oxygen atoms in total. The number of benzene rings is 1. The number of aromatic nitrogens is 1. The molecule has 152 valence electrons. The molecule has 1 aliphatic rings. The van der Waals surface area contributed by atoms with Gasteiger partial charge in [0.05, 0.1) is 11.4 Å². The fourth-order valence-electron chi connectivity index (χ4n) is 3.07. The van der Waals surface area contributed by atoms with Crippen molar-refractivity contribution in [2.24, 2.45) is 0 Å². The minimum absolute atomic E-state index is 0.0165. The van der Waals surface area contributed by atoms with Crippen LogP contribution in [0.5, 0.6) is 5.88 Å². The van der Waals surface area contributed by atoms with E-state index in [0.29, 0.717) is 16.5 Å². The summed E-state index contributed by atoms with van der Waals surface area (Å²) in [5.74, 6) is 0.744. The SMILES string of the molecule is CC1(C)CNc2cc(Cc3ccc(Cl)cc3Cl)c(O[Si](C)(C)C(C)(C)C)nc21. The third-order valence-electron chi connectivity index (χ3n) is 5.98. The number of nitrogens with one attached hydrogen (secondary N) is 1. The van der Waals surface area contributed by atoms with Gasteiger partial charge in [0, 0.05) is 34.0 Å². The lowest BCUT2D eigenvalue weighted by atomic mass is 9.91. The predicted octanol–water partition coefficient (Wildman–Crippen LogP) is 7.07. The number of fused-ring (bicyclic) bond motifs is 1. The van der Waals surface area contributed by atoms with Crippen LogP contribution < -0.4 is 9.74 Å². The highest BCUT2D eigenvalue weighted by atomic mass is 35.5. The minimum atomic E-state index is -2.03. The predicted molar refractivity (Wildman–Crippen MR) is 123 cm³/mol. The first-order valence-corrected chi connectivity index (χ1v) is 13.4. The van der Waals surface area contributed by atoms with Gasteiger partial charge in [-0.3, -0.25) is 0 Å². The first kappa shape index (κ1) is 21.5. The second kappa shape index (κ2) is 7.23. The van der Waals surface area contributed by atoms with Crippen LogP contribution in [0.4, 0.5) is 5.69 Å². The quantitative estimate of drug-likeness (QED) is 0.520. The van der Waals surface area contributed by atoms with Gasteiger partial charge in [-0.15, -0.1) is 0 Å². The monoisotopic (exact) mass is 436 g/mol. The van der Waals surface area contributed by atoms with Crippen molar-refractivity contribution < 1.29 is 4.43 Å².